The zero-order chi connectivity index (χ0) is 33.4. The molecule has 3 amide bonds. The van der Waals surface area contributed by atoms with Crippen molar-refractivity contribution in [3.8, 4) is 0 Å². The summed E-state index contributed by atoms with van der Waals surface area (Å²) in [4.78, 5) is 70.0. The summed E-state index contributed by atoms with van der Waals surface area (Å²) in [5.41, 5.74) is 4.04. The van der Waals surface area contributed by atoms with Gasteiger partial charge in [-0.3, -0.25) is 34.1 Å². The lowest BCUT2D eigenvalue weighted by Crippen LogP contribution is -2.49. The zero-order valence-corrected chi connectivity index (χ0v) is 27.2. The van der Waals surface area contributed by atoms with Gasteiger partial charge in [-0.15, -0.1) is 0 Å². The van der Waals surface area contributed by atoms with Crippen LogP contribution < -0.4 is 26.0 Å². The number of imide groups is 1. The Kier molecular flexibility index (Phi) is 8.61. The normalized spacial score (nSPS) is 17.6. The summed E-state index contributed by atoms with van der Waals surface area (Å²) in [6, 6.07) is 11.5. The number of benzene rings is 1. The summed E-state index contributed by atoms with van der Waals surface area (Å²) >= 11 is 0. The molecule has 1 aromatic carbocycles. The van der Waals surface area contributed by atoms with Crippen LogP contribution in [0.5, 0.6) is 0 Å². The van der Waals surface area contributed by atoms with Crippen molar-refractivity contribution < 1.29 is 14.4 Å². The maximum atomic E-state index is 13.5. The van der Waals surface area contributed by atoms with Gasteiger partial charge in [0.2, 0.25) is 11.9 Å². The minimum Gasteiger partial charge on any atom is -0.368 e. The number of Topliss-reactive ketones (excluding diaryl/α,β-unsaturated/α-hetero) is 1. The van der Waals surface area contributed by atoms with Crippen molar-refractivity contribution >= 4 is 51.9 Å². The number of carbonyl (C=O) groups excluding carboxylic acids is 3. The van der Waals surface area contributed by atoms with Crippen molar-refractivity contribution in [2.24, 2.45) is 0 Å². The van der Waals surface area contributed by atoms with E-state index in [1.54, 1.807) is 22.6 Å². The molecule has 2 N–H and O–H groups in total. The summed E-state index contributed by atoms with van der Waals surface area (Å²) in [6.45, 7) is 7.82. The van der Waals surface area contributed by atoms with Gasteiger partial charge in [-0.05, 0) is 62.1 Å². The molecule has 2 aliphatic heterocycles. The molecule has 3 aromatic heterocycles. The van der Waals surface area contributed by atoms with Crippen LogP contribution in [0.4, 0.5) is 27.9 Å². The fourth-order valence-electron chi connectivity index (χ4n) is 7.13. The monoisotopic (exact) mass is 649 g/mol. The first-order valence-electron chi connectivity index (χ1n) is 16.6. The maximum Gasteiger partial charge on any atom is 0.328 e. The largest absolute Gasteiger partial charge is 0.368 e. The van der Waals surface area contributed by atoms with E-state index in [4.69, 9.17) is 4.98 Å². The topological polar surface area (TPSA) is 146 Å². The van der Waals surface area contributed by atoms with Crippen LogP contribution in [-0.2, 0) is 11.3 Å². The fraction of sp³-hybridized carbons (Fsp3) is 0.400. The Morgan fingerprint density at radius 3 is 2.46 bits per heavy atom. The standard InChI is InChI=1S/C35H39N9O4/c1-22-28-20-37-34(40-32(28)44(25-7-3-4-8-25)33(47)31(22)23(2)45)38-29-11-10-27(19-36-29)42-16-14-41(15-17-42)21-24-6-5-9-26(18-24)43-13-12-30(46)39-35(43)48/h5-6,9-11,18-20,25H,3-4,7-8,12-17,21H2,1-2H3,(H,39,46,48)(H,36,37,38,40). The Morgan fingerprint density at radius 2 is 1.75 bits per heavy atom. The van der Waals surface area contributed by atoms with Gasteiger partial charge in [0, 0.05) is 69.0 Å². The lowest BCUT2D eigenvalue weighted by Gasteiger charge is -2.36. The van der Waals surface area contributed by atoms with Crippen molar-refractivity contribution in [1.29, 1.82) is 0 Å². The molecule has 4 aromatic rings. The Balaban J connectivity index is 1.00. The van der Waals surface area contributed by atoms with E-state index in [-0.39, 0.29) is 34.9 Å². The lowest BCUT2D eigenvalue weighted by atomic mass is 10.0. The van der Waals surface area contributed by atoms with Gasteiger partial charge < -0.3 is 10.2 Å². The number of nitrogens with zero attached hydrogens (tertiary/aromatic N) is 7. The molecule has 48 heavy (non-hydrogen) atoms. The third kappa shape index (κ3) is 6.25. The first-order chi connectivity index (χ1) is 23.2. The molecule has 3 aliphatic rings. The van der Waals surface area contributed by atoms with Crippen LogP contribution in [0.1, 0.15) is 66.6 Å². The van der Waals surface area contributed by atoms with Crippen LogP contribution in [0.2, 0.25) is 0 Å². The molecule has 1 aliphatic carbocycles. The van der Waals surface area contributed by atoms with Gasteiger partial charge in [-0.25, -0.2) is 14.8 Å². The molecule has 5 heterocycles. The summed E-state index contributed by atoms with van der Waals surface area (Å²) in [5, 5.41) is 6.29. The van der Waals surface area contributed by atoms with E-state index in [0.717, 1.165) is 75.3 Å². The van der Waals surface area contributed by atoms with Crippen LogP contribution >= 0.6 is 0 Å². The van der Waals surface area contributed by atoms with E-state index < -0.39 is 0 Å². The number of aryl methyl sites for hydroxylation is 1. The summed E-state index contributed by atoms with van der Waals surface area (Å²) in [6.07, 6.45) is 7.69. The van der Waals surface area contributed by atoms with E-state index in [9.17, 15) is 19.2 Å². The van der Waals surface area contributed by atoms with Crippen LogP contribution in [0.25, 0.3) is 11.0 Å². The van der Waals surface area contributed by atoms with E-state index >= 15 is 0 Å². The molecular weight excluding hydrogens is 610 g/mol. The summed E-state index contributed by atoms with van der Waals surface area (Å²) in [7, 11) is 0. The van der Waals surface area contributed by atoms with Gasteiger partial charge in [0.15, 0.2) is 5.78 Å². The highest BCUT2D eigenvalue weighted by Crippen LogP contribution is 2.32. The summed E-state index contributed by atoms with van der Waals surface area (Å²) < 4.78 is 1.71. The molecule has 0 radical (unpaired) electrons. The minimum atomic E-state index is -0.374. The number of nitrogens with one attached hydrogen (secondary N) is 2. The number of hydrogen-bond acceptors (Lipinski definition) is 10. The van der Waals surface area contributed by atoms with Gasteiger partial charge >= 0.3 is 6.03 Å². The van der Waals surface area contributed by atoms with Gasteiger partial charge in [-0.1, -0.05) is 25.0 Å². The van der Waals surface area contributed by atoms with Crippen LogP contribution in [-0.4, -0.2) is 74.9 Å². The van der Waals surface area contributed by atoms with Gasteiger partial charge in [0.05, 0.1) is 17.4 Å². The second-order valence-electron chi connectivity index (χ2n) is 12.8. The number of pyridine rings is 2. The average Bonchev–Trinajstić information content (AvgIpc) is 3.60. The highest BCUT2D eigenvalue weighted by molar-refractivity contribution is 6.05. The Labute approximate surface area is 278 Å². The van der Waals surface area contributed by atoms with Crippen molar-refractivity contribution in [2.45, 2.75) is 58.5 Å². The molecule has 248 valence electrons. The first-order valence-corrected chi connectivity index (χ1v) is 16.6. The van der Waals surface area contributed by atoms with Crippen LogP contribution in [0.15, 0.2) is 53.6 Å². The number of urea groups is 1. The van der Waals surface area contributed by atoms with Crippen LogP contribution in [0.3, 0.4) is 0 Å². The molecule has 7 rings (SSSR count). The molecule has 2 saturated heterocycles. The van der Waals surface area contributed by atoms with Crippen molar-refractivity contribution in [3.63, 3.8) is 0 Å². The lowest BCUT2D eigenvalue weighted by molar-refractivity contribution is -0.120. The molecule has 13 nitrogen and oxygen atoms in total. The van der Waals surface area contributed by atoms with E-state index in [2.05, 4.69) is 36.5 Å². The minimum absolute atomic E-state index is 0.0142. The highest BCUT2D eigenvalue weighted by Gasteiger charge is 2.27. The second-order valence-corrected chi connectivity index (χ2v) is 12.8. The van der Waals surface area contributed by atoms with E-state index in [1.165, 1.54) is 6.92 Å². The van der Waals surface area contributed by atoms with Crippen LogP contribution in [0, 0.1) is 6.92 Å². The third-order valence-electron chi connectivity index (χ3n) is 9.66. The van der Waals surface area contributed by atoms with Crippen molar-refractivity contribution in [1.82, 2.24) is 29.7 Å². The number of amides is 3. The Morgan fingerprint density at radius 1 is 0.958 bits per heavy atom. The predicted molar refractivity (Wildman–Crippen MR) is 183 cm³/mol. The third-order valence-corrected chi connectivity index (χ3v) is 9.66. The van der Waals surface area contributed by atoms with Gasteiger partial charge in [0.25, 0.3) is 5.56 Å². The number of aromatic nitrogens is 4. The number of piperazine rings is 1. The first kappa shape index (κ1) is 31.4. The number of anilines is 4. The average molecular weight is 650 g/mol. The maximum absolute atomic E-state index is 13.5. The molecule has 0 bridgehead atoms. The molecule has 0 unspecified atom stereocenters. The smallest absolute Gasteiger partial charge is 0.328 e. The second kappa shape index (κ2) is 13.1. The molecule has 0 atom stereocenters. The number of fused-ring (bicyclic) bond motifs is 1. The van der Waals surface area contributed by atoms with E-state index in [0.29, 0.717) is 41.3 Å². The Hall–Kier alpha value is -5.17. The molecular formula is C35H39N9O4. The molecule has 0 spiro atoms. The SMILES string of the molecule is CC(=O)c1c(C)c2cnc(Nc3ccc(N4CCN(Cc5cccc(N6CCC(=O)NC6=O)c5)CC4)cn3)nc2n(C2CCCC2)c1=O. The number of rotatable bonds is 8. The number of hydrogen-bond donors (Lipinski definition) is 2. The summed E-state index contributed by atoms with van der Waals surface area (Å²) in [5.74, 6) is 0.457. The number of ketones is 1. The molecule has 1 saturated carbocycles. The molecule has 13 heteroatoms. The van der Waals surface area contributed by atoms with Crippen molar-refractivity contribution in [2.75, 3.05) is 47.8 Å². The zero-order valence-electron chi connectivity index (χ0n) is 27.2. The van der Waals surface area contributed by atoms with E-state index in [1.807, 2.05) is 36.5 Å². The quantitative estimate of drug-likeness (QED) is 0.265. The highest BCUT2D eigenvalue weighted by atomic mass is 16.2. The Bertz CT molecular complexity index is 1940. The van der Waals surface area contributed by atoms with Gasteiger partial charge in [-0.2, -0.15) is 4.98 Å². The predicted octanol–water partition coefficient (Wildman–Crippen LogP) is 4.32. The van der Waals surface area contributed by atoms with Crippen molar-refractivity contribution in [3.05, 3.63) is 75.8 Å². The fourth-order valence-corrected chi connectivity index (χ4v) is 7.13. The molecule has 3 fully saturated rings. The van der Waals surface area contributed by atoms with Gasteiger partial charge in [0.1, 0.15) is 11.5 Å². The number of carbonyl (C=O) groups is 3.